The van der Waals surface area contributed by atoms with Gasteiger partial charge in [0.1, 0.15) is 17.7 Å². The van der Waals surface area contributed by atoms with Crippen LogP contribution in [-0.2, 0) is 12.6 Å². The molecule has 0 aliphatic carbocycles. The van der Waals surface area contributed by atoms with Gasteiger partial charge in [0.2, 0.25) is 0 Å². The van der Waals surface area contributed by atoms with Crippen molar-refractivity contribution in [1.82, 2.24) is 0 Å². The number of ether oxygens (including phenoxy) is 1. The van der Waals surface area contributed by atoms with Gasteiger partial charge in [-0.05, 0) is 35.4 Å². The predicted molar refractivity (Wildman–Crippen MR) is 74.0 cm³/mol. The Morgan fingerprint density at radius 3 is 2.41 bits per heavy atom. The second kappa shape index (κ2) is 5.28. The largest absolute Gasteiger partial charge is 0.488 e. The van der Waals surface area contributed by atoms with Crippen molar-refractivity contribution in [2.45, 2.75) is 18.7 Å². The molecular weight excluding hydrogens is 298 g/mol. The second-order valence-corrected chi connectivity index (χ2v) is 5.20. The highest BCUT2D eigenvalue weighted by molar-refractivity contribution is 5.74. The number of rotatable bonds is 2. The fourth-order valence-electron chi connectivity index (χ4n) is 2.57. The fourth-order valence-corrected chi connectivity index (χ4v) is 2.57. The quantitative estimate of drug-likeness (QED) is 0.857. The van der Waals surface area contributed by atoms with Gasteiger partial charge in [0.15, 0.2) is 0 Å². The first kappa shape index (κ1) is 14.8. The Labute approximate surface area is 124 Å². The monoisotopic (exact) mass is 311 g/mol. The molecule has 3 rings (SSSR count). The van der Waals surface area contributed by atoms with Gasteiger partial charge in [-0.25, -0.2) is 4.39 Å². The topological polar surface area (TPSA) is 35.2 Å². The molecule has 2 aromatic rings. The Bertz CT molecular complexity index is 695. The lowest BCUT2D eigenvalue weighted by atomic mass is 9.97. The molecule has 116 valence electrons. The third-order valence-corrected chi connectivity index (χ3v) is 3.64. The first-order valence-electron chi connectivity index (χ1n) is 6.75. The van der Waals surface area contributed by atoms with Crippen LogP contribution in [0.4, 0.5) is 17.6 Å². The van der Waals surface area contributed by atoms with E-state index in [-0.39, 0.29) is 12.6 Å². The number of hydrogen-bond acceptors (Lipinski definition) is 2. The van der Waals surface area contributed by atoms with Crippen LogP contribution >= 0.6 is 0 Å². The summed E-state index contributed by atoms with van der Waals surface area (Å²) in [6, 6.07) is 7.41. The summed E-state index contributed by atoms with van der Waals surface area (Å²) in [6.07, 6.45) is -4.45. The van der Waals surface area contributed by atoms with Crippen molar-refractivity contribution in [1.29, 1.82) is 0 Å². The fraction of sp³-hybridized carbons (Fsp3) is 0.250. The first-order valence-corrected chi connectivity index (χ1v) is 6.75. The van der Waals surface area contributed by atoms with Crippen LogP contribution in [0.25, 0.3) is 11.1 Å². The summed E-state index contributed by atoms with van der Waals surface area (Å²) in [5, 5.41) is 0. The molecule has 1 aliphatic heterocycles. The molecule has 0 radical (unpaired) electrons. The minimum atomic E-state index is -4.45. The third kappa shape index (κ3) is 2.66. The van der Waals surface area contributed by atoms with E-state index in [2.05, 4.69) is 0 Å². The summed E-state index contributed by atoms with van der Waals surface area (Å²) in [5.41, 5.74) is 6.06. The molecule has 0 spiro atoms. The van der Waals surface area contributed by atoms with Crippen molar-refractivity contribution in [3.8, 4) is 16.9 Å². The number of fused-ring (bicyclic) bond motifs is 1. The Hall–Kier alpha value is -2.08. The van der Waals surface area contributed by atoms with E-state index in [4.69, 9.17) is 10.5 Å². The number of nitrogens with two attached hydrogens (primary N) is 1. The third-order valence-electron chi connectivity index (χ3n) is 3.64. The van der Waals surface area contributed by atoms with Gasteiger partial charge >= 0.3 is 6.18 Å². The molecule has 0 saturated heterocycles. The van der Waals surface area contributed by atoms with E-state index in [0.717, 1.165) is 12.1 Å². The summed E-state index contributed by atoms with van der Waals surface area (Å²) in [5.74, 6) is -0.0526. The Balaban J connectivity index is 2.16. The van der Waals surface area contributed by atoms with E-state index < -0.39 is 17.6 Å². The molecule has 0 saturated carbocycles. The number of halogens is 4. The van der Waals surface area contributed by atoms with Gasteiger partial charge in [0.05, 0.1) is 5.56 Å². The van der Waals surface area contributed by atoms with Crippen molar-refractivity contribution in [3.63, 3.8) is 0 Å². The van der Waals surface area contributed by atoms with Crippen LogP contribution in [0.5, 0.6) is 5.75 Å². The summed E-state index contributed by atoms with van der Waals surface area (Å²) < 4.78 is 57.9. The van der Waals surface area contributed by atoms with Gasteiger partial charge in [-0.3, -0.25) is 0 Å². The van der Waals surface area contributed by atoms with Crippen LogP contribution in [0, 0.1) is 5.82 Å². The zero-order chi connectivity index (χ0) is 15.9. The minimum Gasteiger partial charge on any atom is -0.488 e. The molecule has 0 aromatic heterocycles. The van der Waals surface area contributed by atoms with Gasteiger partial charge in [0, 0.05) is 18.5 Å². The van der Waals surface area contributed by atoms with E-state index in [0.29, 0.717) is 28.9 Å². The second-order valence-electron chi connectivity index (χ2n) is 5.20. The maximum Gasteiger partial charge on any atom is 0.416 e. The van der Waals surface area contributed by atoms with E-state index in [1.54, 1.807) is 0 Å². The van der Waals surface area contributed by atoms with Gasteiger partial charge in [0.25, 0.3) is 0 Å². The van der Waals surface area contributed by atoms with E-state index >= 15 is 0 Å². The standard InChI is InChI=1S/C16H13F4NO/c17-12-3-1-9(2-4-12)14-7-11(16(18,19)20)5-10-6-13(8-21)22-15(10)14/h1-5,7,13H,6,8,21H2. The molecule has 0 bridgehead atoms. The van der Waals surface area contributed by atoms with Crippen LogP contribution < -0.4 is 10.5 Å². The molecular formula is C16H13F4NO. The van der Waals surface area contributed by atoms with Crippen molar-refractivity contribution < 1.29 is 22.3 Å². The van der Waals surface area contributed by atoms with Crippen LogP contribution in [0.1, 0.15) is 11.1 Å². The summed E-state index contributed by atoms with van der Waals surface area (Å²) >= 11 is 0. The normalized spacial score (nSPS) is 17.2. The van der Waals surface area contributed by atoms with Crippen LogP contribution in [0.3, 0.4) is 0 Å². The van der Waals surface area contributed by atoms with Gasteiger partial charge in [-0.15, -0.1) is 0 Å². The van der Waals surface area contributed by atoms with E-state index in [1.807, 2.05) is 0 Å². The van der Waals surface area contributed by atoms with Crippen molar-refractivity contribution in [2.24, 2.45) is 5.73 Å². The Morgan fingerprint density at radius 2 is 1.82 bits per heavy atom. The van der Waals surface area contributed by atoms with E-state index in [9.17, 15) is 17.6 Å². The molecule has 0 amide bonds. The van der Waals surface area contributed by atoms with Gasteiger partial charge < -0.3 is 10.5 Å². The van der Waals surface area contributed by atoms with Crippen molar-refractivity contribution in [3.05, 3.63) is 53.3 Å². The minimum absolute atomic E-state index is 0.221. The zero-order valence-corrected chi connectivity index (χ0v) is 11.5. The van der Waals surface area contributed by atoms with Crippen LogP contribution in [-0.4, -0.2) is 12.6 Å². The summed E-state index contributed by atoms with van der Waals surface area (Å²) in [4.78, 5) is 0. The zero-order valence-electron chi connectivity index (χ0n) is 11.5. The highest BCUT2D eigenvalue weighted by Gasteiger charge is 2.35. The van der Waals surface area contributed by atoms with Crippen LogP contribution in [0.15, 0.2) is 36.4 Å². The number of alkyl halides is 3. The molecule has 0 fully saturated rings. The van der Waals surface area contributed by atoms with Gasteiger partial charge in [-0.1, -0.05) is 12.1 Å². The molecule has 1 aliphatic rings. The smallest absolute Gasteiger partial charge is 0.416 e. The molecule has 1 heterocycles. The van der Waals surface area contributed by atoms with Crippen molar-refractivity contribution in [2.75, 3.05) is 6.54 Å². The number of hydrogen-bond donors (Lipinski definition) is 1. The lowest BCUT2D eigenvalue weighted by Crippen LogP contribution is -2.24. The molecule has 22 heavy (non-hydrogen) atoms. The average molecular weight is 311 g/mol. The highest BCUT2D eigenvalue weighted by Crippen LogP contribution is 2.43. The summed E-state index contributed by atoms with van der Waals surface area (Å²) in [7, 11) is 0. The first-order chi connectivity index (χ1) is 10.4. The van der Waals surface area contributed by atoms with Crippen LogP contribution in [0.2, 0.25) is 0 Å². The molecule has 2 N–H and O–H groups in total. The van der Waals surface area contributed by atoms with Crippen molar-refractivity contribution >= 4 is 0 Å². The average Bonchev–Trinajstić information content (AvgIpc) is 2.89. The SMILES string of the molecule is NCC1Cc2cc(C(F)(F)F)cc(-c3ccc(F)cc3)c2O1. The highest BCUT2D eigenvalue weighted by atomic mass is 19.4. The Kier molecular flexibility index (Phi) is 3.56. The van der Waals surface area contributed by atoms with Gasteiger partial charge in [-0.2, -0.15) is 13.2 Å². The molecule has 1 atom stereocenters. The molecule has 2 nitrogen and oxygen atoms in total. The maximum atomic E-state index is 13.1. The maximum absolute atomic E-state index is 13.1. The predicted octanol–water partition coefficient (Wildman–Crippen LogP) is 3.77. The number of benzene rings is 2. The molecule has 2 aromatic carbocycles. The molecule has 1 unspecified atom stereocenters. The lowest BCUT2D eigenvalue weighted by molar-refractivity contribution is -0.137. The summed E-state index contributed by atoms with van der Waals surface area (Å²) in [6.45, 7) is 0.221. The Morgan fingerprint density at radius 1 is 1.14 bits per heavy atom. The lowest BCUT2D eigenvalue weighted by Gasteiger charge is -2.14. The van der Waals surface area contributed by atoms with E-state index in [1.165, 1.54) is 24.3 Å². The molecule has 6 heteroatoms.